The van der Waals surface area contributed by atoms with Gasteiger partial charge in [-0.05, 0) is 24.6 Å². The first kappa shape index (κ1) is 18.5. The molecule has 0 saturated heterocycles. The topological polar surface area (TPSA) is 35.6 Å². The van der Waals surface area contributed by atoms with Crippen molar-refractivity contribution in [2.75, 3.05) is 0 Å². The van der Waals surface area contributed by atoms with E-state index in [1.807, 2.05) is 37.3 Å². The molecule has 0 unspecified atom stereocenters. The van der Waals surface area contributed by atoms with E-state index < -0.39 is 0 Å². The van der Waals surface area contributed by atoms with Crippen LogP contribution in [0.4, 0.5) is 0 Å². The zero-order valence-corrected chi connectivity index (χ0v) is 18.0. The number of fused-ring (bicyclic) bond motifs is 1. The molecule has 7 heteroatoms. The molecule has 2 aromatic heterocycles. The highest BCUT2D eigenvalue weighted by atomic mass is 79.9. The van der Waals surface area contributed by atoms with Crippen molar-refractivity contribution < 1.29 is 0 Å². The van der Waals surface area contributed by atoms with E-state index in [9.17, 15) is 0 Å². The van der Waals surface area contributed by atoms with Gasteiger partial charge in [0.1, 0.15) is 17.0 Å². The molecule has 0 spiro atoms. The first-order valence-corrected chi connectivity index (χ1v) is 10.2. The van der Waals surface area contributed by atoms with Gasteiger partial charge in [0.25, 0.3) is 0 Å². The number of aryl methyl sites for hydroxylation is 2. The molecular weight excluding hydrogens is 447 g/mol. The minimum Gasteiger partial charge on any atom is -0.321 e. The van der Waals surface area contributed by atoms with Gasteiger partial charge in [-0.15, -0.1) is 5.10 Å². The minimum atomic E-state index is 0.535. The lowest BCUT2D eigenvalue weighted by Crippen LogP contribution is -2.07. The largest absolute Gasteiger partial charge is 0.321 e. The highest BCUT2D eigenvalue weighted by Gasteiger charge is 2.21. The number of imidazole rings is 1. The molecule has 0 atom stereocenters. The van der Waals surface area contributed by atoms with Gasteiger partial charge in [0.05, 0.1) is 15.7 Å². The first-order valence-electron chi connectivity index (χ1n) is 8.63. The average Bonchev–Trinajstić information content (AvgIpc) is 3.12. The van der Waals surface area contributed by atoms with Crippen molar-refractivity contribution >= 4 is 50.3 Å². The summed E-state index contributed by atoms with van der Waals surface area (Å²) in [6, 6.07) is 14.0. The van der Waals surface area contributed by atoms with E-state index in [2.05, 4.69) is 39.6 Å². The number of aromatic nitrogens is 4. The third-order valence-electron chi connectivity index (χ3n) is 4.58. The predicted molar refractivity (Wildman–Crippen MR) is 114 cm³/mol. The summed E-state index contributed by atoms with van der Waals surface area (Å²) in [4.78, 5) is 4.75. The van der Waals surface area contributed by atoms with Crippen molar-refractivity contribution in [3.8, 4) is 5.69 Å². The monoisotopic (exact) mass is 462 g/mol. The van der Waals surface area contributed by atoms with Crippen LogP contribution in [-0.2, 0) is 13.0 Å². The molecule has 2 aromatic carbocycles. The molecule has 0 N–H and O–H groups in total. The summed E-state index contributed by atoms with van der Waals surface area (Å²) in [7, 11) is 0. The molecule has 4 aromatic rings. The Kier molecular flexibility index (Phi) is 5.01. The van der Waals surface area contributed by atoms with Crippen LogP contribution in [0.2, 0.25) is 10.0 Å². The molecule has 0 bridgehead atoms. The van der Waals surface area contributed by atoms with Gasteiger partial charge in [0.2, 0.25) is 0 Å². The highest BCUT2D eigenvalue weighted by Crippen LogP contribution is 2.34. The Morgan fingerprint density at radius 2 is 1.74 bits per heavy atom. The van der Waals surface area contributed by atoms with Crippen molar-refractivity contribution in [1.29, 1.82) is 0 Å². The van der Waals surface area contributed by atoms with Crippen LogP contribution >= 0.6 is 39.1 Å². The van der Waals surface area contributed by atoms with Crippen LogP contribution in [0.5, 0.6) is 0 Å². The summed E-state index contributed by atoms with van der Waals surface area (Å²) in [5.41, 5.74) is 4.56. The molecule has 0 aliphatic heterocycles. The Morgan fingerprint density at radius 3 is 2.37 bits per heavy atom. The van der Waals surface area contributed by atoms with E-state index in [1.54, 1.807) is 4.68 Å². The second-order valence-corrected chi connectivity index (χ2v) is 8.07. The number of benzene rings is 2. The van der Waals surface area contributed by atoms with Gasteiger partial charge in [-0.2, -0.15) is 0 Å². The number of hydrogen-bond acceptors (Lipinski definition) is 2. The van der Waals surface area contributed by atoms with Crippen LogP contribution in [-0.4, -0.2) is 19.3 Å². The molecule has 0 amide bonds. The zero-order valence-electron chi connectivity index (χ0n) is 14.9. The summed E-state index contributed by atoms with van der Waals surface area (Å²) in [6.07, 6.45) is 0.836. The smallest absolute Gasteiger partial charge is 0.200 e. The fraction of sp³-hybridized carbons (Fsp3) is 0.200. The lowest BCUT2D eigenvalue weighted by molar-refractivity contribution is 0.740. The third kappa shape index (κ3) is 3.28. The first-order chi connectivity index (χ1) is 13.0. The van der Waals surface area contributed by atoms with Gasteiger partial charge >= 0.3 is 0 Å². The minimum absolute atomic E-state index is 0.535. The van der Waals surface area contributed by atoms with E-state index in [4.69, 9.17) is 33.3 Å². The molecule has 0 fully saturated rings. The van der Waals surface area contributed by atoms with Crippen LogP contribution < -0.4 is 0 Å². The Labute approximate surface area is 175 Å². The molecule has 0 aliphatic rings. The molecular formula is C20H17BrCl2N4. The van der Waals surface area contributed by atoms with Crippen molar-refractivity contribution in [3.05, 3.63) is 74.1 Å². The number of nitrogens with zero attached hydrogens (tertiary/aromatic N) is 4. The summed E-state index contributed by atoms with van der Waals surface area (Å²) in [5, 5.41) is 5.78. The maximum Gasteiger partial charge on any atom is 0.200 e. The molecule has 138 valence electrons. The fourth-order valence-electron chi connectivity index (χ4n) is 3.34. The van der Waals surface area contributed by atoms with Gasteiger partial charge in [-0.3, -0.25) is 0 Å². The van der Waals surface area contributed by atoms with Gasteiger partial charge in [-0.25, -0.2) is 9.67 Å². The second kappa shape index (κ2) is 7.30. The van der Waals surface area contributed by atoms with E-state index in [0.717, 1.165) is 34.5 Å². The van der Waals surface area contributed by atoms with E-state index >= 15 is 0 Å². The normalized spacial score (nSPS) is 11.4. The summed E-state index contributed by atoms with van der Waals surface area (Å²) < 4.78 is 4.84. The molecule has 4 rings (SSSR count). The van der Waals surface area contributed by atoms with E-state index in [1.165, 1.54) is 5.56 Å². The third-order valence-corrected chi connectivity index (χ3v) is 5.61. The standard InChI is InChI=1S/C20H17BrCl2N4/c1-3-17-24-20-18(26(17)11-13-7-5-4-6-8-13)12(2)27(25-20)19-15(22)9-14(21)10-16(19)23/h4-10H,3,11H2,1-2H3. The van der Waals surface area contributed by atoms with E-state index in [0.29, 0.717) is 21.4 Å². The molecule has 0 radical (unpaired) electrons. The predicted octanol–water partition coefficient (Wildman–Crippen LogP) is 6.21. The second-order valence-electron chi connectivity index (χ2n) is 6.34. The van der Waals surface area contributed by atoms with Crippen molar-refractivity contribution in [2.45, 2.75) is 26.8 Å². The molecule has 2 heterocycles. The Morgan fingerprint density at radius 1 is 1.07 bits per heavy atom. The van der Waals surface area contributed by atoms with Gasteiger partial charge in [0.15, 0.2) is 5.65 Å². The van der Waals surface area contributed by atoms with Gasteiger partial charge in [-0.1, -0.05) is 76.4 Å². The fourth-order valence-corrected chi connectivity index (χ4v) is 4.71. The maximum atomic E-state index is 6.46. The summed E-state index contributed by atoms with van der Waals surface area (Å²) >= 11 is 16.3. The lowest BCUT2D eigenvalue weighted by Gasteiger charge is -2.12. The molecule has 4 nitrogen and oxygen atoms in total. The molecule has 0 aliphatic carbocycles. The van der Waals surface area contributed by atoms with Crippen molar-refractivity contribution in [3.63, 3.8) is 0 Å². The highest BCUT2D eigenvalue weighted by molar-refractivity contribution is 9.10. The zero-order chi connectivity index (χ0) is 19.1. The average molecular weight is 464 g/mol. The SMILES string of the molecule is CCc1nc2nn(-c3c(Cl)cc(Br)cc3Cl)c(C)c2n1Cc1ccccc1. The van der Waals surface area contributed by atoms with Crippen LogP contribution in [0, 0.1) is 6.92 Å². The van der Waals surface area contributed by atoms with E-state index in [-0.39, 0.29) is 0 Å². The maximum absolute atomic E-state index is 6.46. The van der Waals surface area contributed by atoms with Gasteiger partial charge in [0, 0.05) is 17.4 Å². The number of hydrogen-bond donors (Lipinski definition) is 0. The van der Waals surface area contributed by atoms with Gasteiger partial charge < -0.3 is 4.57 Å². The molecule has 27 heavy (non-hydrogen) atoms. The quantitative estimate of drug-likeness (QED) is 0.360. The summed E-state index contributed by atoms with van der Waals surface area (Å²) in [5.74, 6) is 1.01. The van der Waals surface area contributed by atoms with Crippen molar-refractivity contribution in [2.24, 2.45) is 0 Å². The molecule has 0 saturated carbocycles. The Balaban J connectivity index is 1.91. The summed E-state index contributed by atoms with van der Waals surface area (Å²) in [6.45, 7) is 4.87. The van der Waals surface area contributed by atoms with Crippen molar-refractivity contribution in [1.82, 2.24) is 19.3 Å². The lowest BCUT2D eigenvalue weighted by atomic mass is 10.2. The van der Waals surface area contributed by atoms with Crippen LogP contribution in [0.3, 0.4) is 0 Å². The number of rotatable bonds is 4. The Bertz CT molecular complexity index is 1110. The van der Waals surface area contributed by atoms with Crippen LogP contribution in [0.1, 0.15) is 24.0 Å². The van der Waals surface area contributed by atoms with Crippen LogP contribution in [0.25, 0.3) is 16.9 Å². The van der Waals surface area contributed by atoms with Crippen LogP contribution in [0.15, 0.2) is 46.9 Å². The Hall–Kier alpha value is -1.82. The number of halogens is 3.